The van der Waals surface area contributed by atoms with Crippen molar-refractivity contribution in [3.8, 4) is 0 Å². The molecule has 0 bridgehead atoms. The van der Waals surface area contributed by atoms with Crippen molar-refractivity contribution in [2.45, 2.75) is 12.5 Å². The van der Waals surface area contributed by atoms with Crippen LogP contribution in [-0.4, -0.2) is 0 Å². The zero-order valence-electron chi connectivity index (χ0n) is 10.9. The standard InChI is InChI=1S/C18H14FN/c19-16-9-4-10-17-15(16)11-18(20-17)14-8-3-6-12-5-1-2-7-13(12)14/h1-10,18,20H,11H2. The molecule has 0 fully saturated rings. The lowest BCUT2D eigenvalue weighted by molar-refractivity contribution is 0.610. The van der Waals surface area contributed by atoms with Crippen molar-refractivity contribution >= 4 is 16.5 Å². The van der Waals surface area contributed by atoms with Crippen LogP contribution in [-0.2, 0) is 6.42 Å². The van der Waals surface area contributed by atoms with Gasteiger partial charge in [0.05, 0.1) is 6.04 Å². The van der Waals surface area contributed by atoms with Crippen LogP contribution in [0.5, 0.6) is 0 Å². The lowest BCUT2D eigenvalue weighted by atomic mass is 9.96. The van der Waals surface area contributed by atoms with Crippen molar-refractivity contribution < 1.29 is 4.39 Å². The molecule has 1 N–H and O–H groups in total. The molecule has 20 heavy (non-hydrogen) atoms. The average molecular weight is 263 g/mol. The Balaban J connectivity index is 1.81. The van der Waals surface area contributed by atoms with E-state index in [1.54, 1.807) is 6.07 Å². The summed E-state index contributed by atoms with van der Waals surface area (Å²) in [6.07, 6.45) is 0.704. The van der Waals surface area contributed by atoms with E-state index in [0.717, 1.165) is 11.3 Å². The molecule has 4 rings (SSSR count). The topological polar surface area (TPSA) is 12.0 Å². The first-order chi connectivity index (χ1) is 9.83. The van der Waals surface area contributed by atoms with Gasteiger partial charge in [-0.25, -0.2) is 4.39 Å². The second-order valence-electron chi connectivity index (χ2n) is 5.24. The molecule has 1 aliphatic rings. The van der Waals surface area contributed by atoms with E-state index < -0.39 is 0 Å². The van der Waals surface area contributed by atoms with Crippen molar-refractivity contribution in [1.82, 2.24) is 0 Å². The van der Waals surface area contributed by atoms with Gasteiger partial charge in [0.1, 0.15) is 5.82 Å². The van der Waals surface area contributed by atoms with Crippen LogP contribution in [0.15, 0.2) is 60.7 Å². The molecule has 1 heterocycles. The lowest BCUT2D eigenvalue weighted by Gasteiger charge is -2.14. The Hall–Kier alpha value is -2.35. The molecular formula is C18H14FN. The second-order valence-corrected chi connectivity index (χ2v) is 5.24. The minimum Gasteiger partial charge on any atom is -0.378 e. The van der Waals surface area contributed by atoms with Gasteiger partial charge in [-0.3, -0.25) is 0 Å². The van der Waals surface area contributed by atoms with Crippen molar-refractivity contribution in [3.05, 3.63) is 77.6 Å². The first-order valence-electron chi connectivity index (χ1n) is 6.84. The molecule has 3 aromatic rings. The van der Waals surface area contributed by atoms with E-state index in [1.165, 1.54) is 22.4 Å². The van der Waals surface area contributed by atoms with Crippen LogP contribution in [0.4, 0.5) is 10.1 Å². The van der Waals surface area contributed by atoms with Crippen molar-refractivity contribution in [3.63, 3.8) is 0 Å². The van der Waals surface area contributed by atoms with Crippen molar-refractivity contribution in [2.75, 3.05) is 5.32 Å². The minimum atomic E-state index is -0.113. The second kappa shape index (κ2) is 4.34. The highest BCUT2D eigenvalue weighted by molar-refractivity contribution is 5.86. The summed E-state index contributed by atoms with van der Waals surface area (Å²) in [6, 6.07) is 20.0. The zero-order valence-corrected chi connectivity index (χ0v) is 10.9. The molecule has 1 nitrogen and oxygen atoms in total. The van der Waals surface area contributed by atoms with Gasteiger partial charge in [-0.2, -0.15) is 0 Å². The summed E-state index contributed by atoms with van der Waals surface area (Å²) in [5.41, 5.74) is 2.95. The Morgan fingerprint density at radius 2 is 1.70 bits per heavy atom. The van der Waals surface area contributed by atoms with E-state index in [2.05, 4.69) is 41.7 Å². The molecule has 1 aliphatic heterocycles. The normalized spacial score (nSPS) is 16.9. The van der Waals surface area contributed by atoms with Gasteiger partial charge in [0.15, 0.2) is 0 Å². The van der Waals surface area contributed by atoms with Crippen LogP contribution in [0.2, 0.25) is 0 Å². The summed E-state index contributed by atoms with van der Waals surface area (Å²) < 4.78 is 13.9. The Morgan fingerprint density at radius 3 is 2.60 bits per heavy atom. The number of hydrogen-bond acceptors (Lipinski definition) is 1. The maximum absolute atomic E-state index is 13.9. The molecule has 0 aliphatic carbocycles. The van der Waals surface area contributed by atoms with Gasteiger partial charge in [0.2, 0.25) is 0 Å². The van der Waals surface area contributed by atoms with Crippen LogP contribution in [0, 0.1) is 5.82 Å². The summed E-state index contributed by atoms with van der Waals surface area (Å²) >= 11 is 0. The largest absolute Gasteiger partial charge is 0.378 e. The van der Waals surface area contributed by atoms with Crippen LogP contribution in [0.25, 0.3) is 10.8 Å². The van der Waals surface area contributed by atoms with Crippen LogP contribution in [0.3, 0.4) is 0 Å². The molecule has 1 unspecified atom stereocenters. The molecule has 0 aromatic heterocycles. The molecular weight excluding hydrogens is 249 g/mol. The highest BCUT2D eigenvalue weighted by atomic mass is 19.1. The van der Waals surface area contributed by atoms with E-state index in [1.807, 2.05) is 12.1 Å². The Morgan fingerprint density at radius 1 is 0.900 bits per heavy atom. The molecule has 1 atom stereocenters. The molecule has 0 spiro atoms. The van der Waals surface area contributed by atoms with Gasteiger partial charge in [-0.05, 0) is 28.5 Å². The van der Waals surface area contributed by atoms with Gasteiger partial charge in [-0.15, -0.1) is 0 Å². The summed E-state index contributed by atoms with van der Waals surface area (Å²) in [7, 11) is 0. The van der Waals surface area contributed by atoms with Gasteiger partial charge >= 0.3 is 0 Å². The maximum Gasteiger partial charge on any atom is 0.128 e. The SMILES string of the molecule is Fc1cccc2c1CC(c1cccc3ccccc13)N2. The van der Waals surface area contributed by atoms with Crippen LogP contribution >= 0.6 is 0 Å². The Labute approximate surface area is 117 Å². The smallest absolute Gasteiger partial charge is 0.128 e. The molecule has 0 saturated heterocycles. The predicted molar refractivity (Wildman–Crippen MR) is 80.4 cm³/mol. The summed E-state index contributed by atoms with van der Waals surface area (Å²) in [6.45, 7) is 0. The highest BCUT2D eigenvalue weighted by Gasteiger charge is 2.25. The monoisotopic (exact) mass is 263 g/mol. The number of nitrogens with one attached hydrogen (secondary N) is 1. The fourth-order valence-electron chi connectivity index (χ4n) is 3.09. The molecule has 3 aromatic carbocycles. The van der Waals surface area contributed by atoms with E-state index in [0.29, 0.717) is 6.42 Å². The fraction of sp³-hybridized carbons (Fsp3) is 0.111. The quantitative estimate of drug-likeness (QED) is 0.671. The Kier molecular flexibility index (Phi) is 2.49. The predicted octanol–water partition coefficient (Wildman–Crippen LogP) is 4.69. The summed E-state index contributed by atoms with van der Waals surface area (Å²) in [5.74, 6) is -0.113. The molecule has 98 valence electrons. The highest BCUT2D eigenvalue weighted by Crippen LogP contribution is 2.37. The van der Waals surface area contributed by atoms with Gasteiger partial charge in [-0.1, -0.05) is 48.5 Å². The number of benzene rings is 3. The number of anilines is 1. The third-order valence-corrected chi connectivity index (χ3v) is 4.06. The third kappa shape index (κ3) is 1.68. The van der Waals surface area contributed by atoms with E-state index in [4.69, 9.17) is 0 Å². The average Bonchev–Trinajstić information content (AvgIpc) is 2.92. The Bertz CT molecular complexity index is 789. The number of hydrogen-bond donors (Lipinski definition) is 1. The van der Waals surface area contributed by atoms with Crippen LogP contribution in [0.1, 0.15) is 17.2 Å². The van der Waals surface area contributed by atoms with Crippen LogP contribution < -0.4 is 5.32 Å². The molecule has 2 heteroatoms. The van der Waals surface area contributed by atoms with E-state index in [9.17, 15) is 4.39 Å². The first-order valence-corrected chi connectivity index (χ1v) is 6.84. The third-order valence-electron chi connectivity index (χ3n) is 4.06. The van der Waals surface area contributed by atoms with Crippen molar-refractivity contribution in [1.29, 1.82) is 0 Å². The molecule has 0 amide bonds. The van der Waals surface area contributed by atoms with Gasteiger partial charge < -0.3 is 5.32 Å². The fourth-order valence-corrected chi connectivity index (χ4v) is 3.09. The number of rotatable bonds is 1. The summed E-state index contributed by atoms with van der Waals surface area (Å²) in [4.78, 5) is 0. The number of halogens is 1. The van der Waals surface area contributed by atoms with Gasteiger partial charge in [0.25, 0.3) is 0 Å². The summed E-state index contributed by atoms with van der Waals surface area (Å²) in [5, 5.41) is 5.91. The van der Waals surface area contributed by atoms with Crippen molar-refractivity contribution in [2.24, 2.45) is 0 Å². The van der Waals surface area contributed by atoms with E-state index >= 15 is 0 Å². The molecule has 0 radical (unpaired) electrons. The first kappa shape index (κ1) is 11.5. The van der Waals surface area contributed by atoms with E-state index in [-0.39, 0.29) is 11.9 Å². The minimum absolute atomic E-state index is 0.113. The maximum atomic E-state index is 13.9. The number of fused-ring (bicyclic) bond motifs is 2. The lowest BCUT2D eigenvalue weighted by Crippen LogP contribution is -2.06. The molecule has 0 saturated carbocycles. The zero-order chi connectivity index (χ0) is 13.5. The van der Waals surface area contributed by atoms with Gasteiger partial charge in [0, 0.05) is 17.7 Å².